The molecule has 25 heavy (non-hydrogen) atoms. The molecule has 0 saturated heterocycles. The topological polar surface area (TPSA) is 68.0 Å². The molecular formula is C17H17Cl2N5O. The lowest BCUT2D eigenvalue weighted by Crippen LogP contribution is -2.17. The Morgan fingerprint density at radius 3 is 2.60 bits per heavy atom. The van der Waals surface area contributed by atoms with Crippen LogP contribution in [-0.4, -0.2) is 25.8 Å². The van der Waals surface area contributed by atoms with Crippen molar-refractivity contribution in [3.63, 3.8) is 0 Å². The van der Waals surface area contributed by atoms with Gasteiger partial charge in [0.15, 0.2) is 0 Å². The van der Waals surface area contributed by atoms with Crippen molar-refractivity contribution in [2.45, 2.75) is 20.8 Å². The Bertz CT molecular complexity index is 1040. The predicted molar refractivity (Wildman–Crippen MR) is 101 cm³/mol. The monoisotopic (exact) mass is 377 g/mol. The minimum absolute atomic E-state index is 0.246. The van der Waals surface area contributed by atoms with Gasteiger partial charge in [-0.15, -0.1) is 0 Å². The van der Waals surface area contributed by atoms with Crippen molar-refractivity contribution < 1.29 is 0 Å². The summed E-state index contributed by atoms with van der Waals surface area (Å²) in [7, 11) is 1.86. The lowest BCUT2D eigenvalue weighted by molar-refractivity contribution is 0.731. The number of rotatable bonds is 3. The molecule has 3 rings (SSSR count). The summed E-state index contributed by atoms with van der Waals surface area (Å²) >= 11 is 12.2. The molecule has 0 aliphatic carbocycles. The molecule has 8 heteroatoms. The maximum Gasteiger partial charge on any atom is 0.280 e. The van der Waals surface area contributed by atoms with E-state index in [0.29, 0.717) is 27.0 Å². The lowest BCUT2D eigenvalue weighted by atomic mass is 10.2. The molecule has 1 N–H and O–H groups in total. The number of hydrogen-bond donors (Lipinski definition) is 1. The van der Waals surface area contributed by atoms with Crippen LogP contribution in [0.3, 0.4) is 0 Å². The van der Waals surface area contributed by atoms with Gasteiger partial charge in [-0.25, -0.2) is 4.68 Å². The fourth-order valence-corrected chi connectivity index (χ4v) is 2.99. The highest BCUT2D eigenvalue weighted by molar-refractivity contribution is 6.34. The van der Waals surface area contributed by atoms with Crippen LogP contribution in [0.1, 0.15) is 22.6 Å². The zero-order valence-electron chi connectivity index (χ0n) is 14.3. The Morgan fingerprint density at radius 1 is 1.24 bits per heavy atom. The van der Waals surface area contributed by atoms with Gasteiger partial charge in [-0.1, -0.05) is 23.2 Å². The average Bonchev–Trinajstić information content (AvgIpc) is 2.97. The number of hydrogen-bond acceptors (Lipinski definition) is 3. The first-order valence-corrected chi connectivity index (χ1v) is 8.36. The van der Waals surface area contributed by atoms with Crippen LogP contribution in [0.5, 0.6) is 0 Å². The molecule has 6 nitrogen and oxygen atoms in total. The van der Waals surface area contributed by atoms with Crippen molar-refractivity contribution in [3.05, 3.63) is 61.2 Å². The Labute approximate surface area is 154 Å². The van der Waals surface area contributed by atoms with Crippen molar-refractivity contribution in [2.75, 3.05) is 0 Å². The third kappa shape index (κ3) is 3.15. The molecule has 0 spiro atoms. The van der Waals surface area contributed by atoms with Crippen LogP contribution in [-0.2, 0) is 7.05 Å². The van der Waals surface area contributed by atoms with Crippen molar-refractivity contribution in [2.24, 2.45) is 12.0 Å². The fourth-order valence-electron chi connectivity index (χ4n) is 2.62. The van der Waals surface area contributed by atoms with E-state index in [1.165, 1.54) is 4.68 Å². The Morgan fingerprint density at radius 2 is 1.96 bits per heavy atom. The summed E-state index contributed by atoms with van der Waals surface area (Å²) in [6.45, 7) is 5.62. The van der Waals surface area contributed by atoms with Crippen LogP contribution < -0.4 is 5.56 Å². The molecule has 0 aliphatic rings. The maximum absolute atomic E-state index is 12.8. The maximum atomic E-state index is 12.8. The number of aromatic amines is 1. The summed E-state index contributed by atoms with van der Waals surface area (Å²) in [5.41, 5.74) is 3.89. The molecule has 0 bridgehead atoms. The van der Waals surface area contributed by atoms with Gasteiger partial charge in [0, 0.05) is 24.0 Å². The predicted octanol–water partition coefficient (Wildman–Crippen LogP) is 3.88. The molecule has 2 heterocycles. The van der Waals surface area contributed by atoms with Crippen LogP contribution in [0.25, 0.3) is 5.69 Å². The normalized spacial score (nSPS) is 11.6. The molecule has 0 amide bonds. The summed E-state index contributed by atoms with van der Waals surface area (Å²) in [4.78, 5) is 17.2. The number of H-pyrrole nitrogens is 1. The van der Waals surface area contributed by atoms with Crippen molar-refractivity contribution in [1.82, 2.24) is 19.6 Å². The second kappa shape index (κ2) is 6.54. The van der Waals surface area contributed by atoms with E-state index in [0.717, 1.165) is 17.1 Å². The third-order valence-electron chi connectivity index (χ3n) is 4.06. The average molecular weight is 378 g/mol. The van der Waals surface area contributed by atoms with E-state index in [2.05, 4.69) is 15.2 Å². The molecule has 130 valence electrons. The molecule has 2 aromatic heterocycles. The summed E-state index contributed by atoms with van der Waals surface area (Å²) in [5.74, 6) is 0. The molecule has 0 radical (unpaired) electrons. The van der Waals surface area contributed by atoms with E-state index >= 15 is 0 Å². The molecule has 0 saturated carbocycles. The highest BCUT2D eigenvalue weighted by Gasteiger charge is 2.14. The van der Waals surface area contributed by atoms with Crippen molar-refractivity contribution in [3.8, 4) is 5.69 Å². The zero-order chi connectivity index (χ0) is 18.3. The number of aromatic nitrogens is 4. The van der Waals surface area contributed by atoms with Crippen molar-refractivity contribution in [1.29, 1.82) is 0 Å². The smallest absolute Gasteiger partial charge is 0.280 e. The molecule has 0 aliphatic heterocycles. The van der Waals surface area contributed by atoms with E-state index in [-0.39, 0.29) is 5.56 Å². The highest BCUT2D eigenvalue weighted by Crippen LogP contribution is 2.24. The number of aryl methyl sites for hydroxylation is 3. The second-order valence-corrected chi connectivity index (χ2v) is 6.63. The van der Waals surface area contributed by atoms with Gasteiger partial charge in [0.05, 0.1) is 27.7 Å². The Balaban J connectivity index is 2.08. The van der Waals surface area contributed by atoms with Crippen LogP contribution in [0.4, 0.5) is 5.69 Å². The second-order valence-electron chi connectivity index (χ2n) is 5.79. The third-order valence-corrected chi connectivity index (χ3v) is 4.61. The zero-order valence-corrected chi connectivity index (χ0v) is 15.8. The minimum Gasteiger partial charge on any atom is -0.295 e. The molecule has 0 fully saturated rings. The van der Waals surface area contributed by atoms with E-state index in [1.807, 2.05) is 20.9 Å². The summed E-state index contributed by atoms with van der Waals surface area (Å²) < 4.78 is 3.13. The Kier molecular flexibility index (Phi) is 4.58. The number of aliphatic imine (C=N–C) groups is 1. The van der Waals surface area contributed by atoms with E-state index < -0.39 is 0 Å². The molecule has 0 atom stereocenters. The minimum atomic E-state index is -0.246. The molecule has 0 unspecified atom stereocenters. The van der Waals surface area contributed by atoms with Crippen molar-refractivity contribution >= 4 is 35.1 Å². The molecular weight excluding hydrogens is 361 g/mol. The SMILES string of the molecule is Cc1nn(C)c(C)c1N=Cc1c(C)[nH]n(-c2cc(Cl)ccc2Cl)c1=O. The van der Waals surface area contributed by atoms with Gasteiger partial charge >= 0.3 is 0 Å². The van der Waals surface area contributed by atoms with Gasteiger partial charge in [-0.3, -0.25) is 19.6 Å². The summed E-state index contributed by atoms with van der Waals surface area (Å²) in [5, 5.41) is 8.26. The largest absolute Gasteiger partial charge is 0.295 e. The molecule has 3 aromatic rings. The lowest BCUT2D eigenvalue weighted by Gasteiger charge is -2.04. The van der Waals surface area contributed by atoms with Gasteiger partial charge in [-0.05, 0) is 39.0 Å². The van der Waals surface area contributed by atoms with E-state index in [4.69, 9.17) is 23.2 Å². The van der Waals surface area contributed by atoms with Crippen LogP contribution in [0.15, 0.2) is 28.0 Å². The Hall–Kier alpha value is -2.31. The van der Waals surface area contributed by atoms with E-state index in [1.54, 1.807) is 36.0 Å². The van der Waals surface area contributed by atoms with Crippen LogP contribution in [0, 0.1) is 20.8 Å². The standard InChI is InChI=1S/C17H17Cl2N5O/c1-9-13(8-20-16-10(2)21-23(4)11(16)3)17(25)24(22-9)15-7-12(18)5-6-14(15)19/h5-8,22H,1-4H3. The quantitative estimate of drug-likeness (QED) is 0.703. The number of nitrogens with one attached hydrogen (secondary N) is 1. The van der Waals surface area contributed by atoms with Gasteiger partial charge in [-0.2, -0.15) is 5.10 Å². The molecule has 1 aromatic carbocycles. The van der Waals surface area contributed by atoms with Gasteiger partial charge < -0.3 is 0 Å². The number of nitrogens with zero attached hydrogens (tertiary/aromatic N) is 4. The number of benzene rings is 1. The van der Waals surface area contributed by atoms with Crippen LogP contribution >= 0.6 is 23.2 Å². The summed E-state index contributed by atoms with van der Waals surface area (Å²) in [6, 6.07) is 4.96. The van der Waals surface area contributed by atoms with Crippen LogP contribution in [0.2, 0.25) is 10.0 Å². The van der Waals surface area contributed by atoms with Gasteiger partial charge in [0.25, 0.3) is 5.56 Å². The van der Waals surface area contributed by atoms with Gasteiger partial charge in [0.1, 0.15) is 5.69 Å². The summed E-state index contributed by atoms with van der Waals surface area (Å²) in [6.07, 6.45) is 1.56. The van der Waals surface area contributed by atoms with Gasteiger partial charge in [0.2, 0.25) is 0 Å². The highest BCUT2D eigenvalue weighted by atomic mass is 35.5. The first-order valence-electron chi connectivity index (χ1n) is 7.61. The first-order chi connectivity index (χ1) is 11.8. The fraction of sp³-hybridized carbons (Fsp3) is 0.235. The first kappa shape index (κ1) is 17.5. The number of halogens is 2. The van der Waals surface area contributed by atoms with E-state index in [9.17, 15) is 4.79 Å².